The van der Waals surface area contributed by atoms with Gasteiger partial charge in [0.15, 0.2) is 5.82 Å². The molecule has 0 unspecified atom stereocenters. The van der Waals surface area contributed by atoms with Gasteiger partial charge in [-0.25, -0.2) is 9.78 Å². The van der Waals surface area contributed by atoms with Crippen LogP contribution in [0.15, 0.2) is 43.2 Å². The number of nitrogens with zero attached hydrogens (tertiary/aromatic N) is 3. The first-order valence-corrected chi connectivity index (χ1v) is 6.00. The standard InChI is InChI=1S/C14H14N4O/c1-10-12-13(16-14(19)17(10)2)15-9-18(12)8-11-6-4-3-5-7-11/h3-7,9H,1,8H2,2H3,(H,16,19). The van der Waals surface area contributed by atoms with Crippen molar-refractivity contribution in [3.05, 3.63) is 54.5 Å². The maximum absolute atomic E-state index is 11.6. The Morgan fingerprint density at radius 1 is 1.32 bits per heavy atom. The molecule has 19 heavy (non-hydrogen) atoms. The quantitative estimate of drug-likeness (QED) is 0.894. The number of fused-ring (bicyclic) bond motifs is 1. The lowest BCUT2D eigenvalue weighted by Gasteiger charge is -2.26. The zero-order chi connectivity index (χ0) is 13.4. The molecule has 2 amide bonds. The Balaban J connectivity index is 1.98. The van der Waals surface area contributed by atoms with Crippen LogP contribution in [-0.4, -0.2) is 27.5 Å². The van der Waals surface area contributed by atoms with Gasteiger partial charge in [-0.3, -0.25) is 10.2 Å². The molecule has 0 radical (unpaired) electrons. The fourth-order valence-corrected chi connectivity index (χ4v) is 2.14. The van der Waals surface area contributed by atoms with Gasteiger partial charge >= 0.3 is 6.03 Å². The van der Waals surface area contributed by atoms with E-state index < -0.39 is 0 Å². The number of nitrogens with one attached hydrogen (secondary N) is 1. The first-order valence-electron chi connectivity index (χ1n) is 6.00. The summed E-state index contributed by atoms with van der Waals surface area (Å²) in [5, 5.41) is 2.74. The predicted octanol–water partition coefficient (Wildman–Crippen LogP) is 2.38. The van der Waals surface area contributed by atoms with Crippen molar-refractivity contribution in [3.63, 3.8) is 0 Å². The third-order valence-electron chi connectivity index (χ3n) is 3.24. The molecule has 0 fully saturated rings. The molecule has 1 aliphatic rings. The Morgan fingerprint density at radius 2 is 2.05 bits per heavy atom. The van der Waals surface area contributed by atoms with Gasteiger partial charge in [0.25, 0.3) is 0 Å². The number of carbonyl (C=O) groups excluding carboxylic acids is 1. The summed E-state index contributed by atoms with van der Waals surface area (Å²) in [6.45, 7) is 4.67. The number of urea groups is 1. The van der Waals surface area contributed by atoms with Crippen LogP contribution in [0.1, 0.15) is 11.3 Å². The number of aromatic nitrogens is 2. The smallest absolute Gasteiger partial charge is 0.323 e. The fourth-order valence-electron chi connectivity index (χ4n) is 2.14. The van der Waals surface area contributed by atoms with E-state index in [4.69, 9.17) is 0 Å². The van der Waals surface area contributed by atoms with Crippen LogP contribution >= 0.6 is 0 Å². The van der Waals surface area contributed by atoms with Crippen LogP contribution in [-0.2, 0) is 6.54 Å². The van der Waals surface area contributed by atoms with E-state index in [9.17, 15) is 4.79 Å². The molecule has 0 aliphatic carbocycles. The Labute approximate surface area is 111 Å². The molecule has 0 saturated heterocycles. The second-order valence-electron chi connectivity index (χ2n) is 4.49. The van der Waals surface area contributed by atoms with Crippen molar-refractivity contribution in [2.75, 3.05) is 12.4 Å². The average molecular weight is 254 g/mol. The van der Waals surface area contributed by atoms with Gasteiger partial charge in [0.1, 0.15) is 5.69 Å². The van der Waals surface area contributed by atoms with Gasteiger partial charge in [-0.05, 0) is 5.56 Å². The van der Waals surface area contributed by atoms with E-state index in [0.29, 0.717) is 18.1 Å². The van der Waals surface area contributed by atoms with E-state index in [2.05, 4.69) is 29.0 Å². The van der Waals surface area contributed by atoms with Crippen molar-refractivity contribution in [2.45, 2.75) is 6.54 Å². The summed E-state index contributed by atoms with van der Waals surface area (Å²) in [4.78, 5) is 17.4. The molecule has 1 aliphatic heterocycles. The van der Waals surface area contributed by atoms with Crippen molar-refractivity contribution in [2.24, 2.45) is 0 Å². The summed E-state index contributed by atoms with van der Waals surface area (Å²) in [5.74, 6) is 0.573. The van der Waals surface area contributed by atoms with Crippen LogP contribution in [0.2, 0.25) is 0 Å². The first kappa shape index (κ1) is 11.5. The van der Waals surface area contributed by atoms with E-state index in [1.165, 1.54) is 10.5 Å². The molecule has 0 spiro atoms. The van der Waals surface area contributed by atoms with Crippen molar-refractivity contribution in [1.29, 1.82) is 0 Å². The minimum Gasteiger partial charge on any atom is -0.323 e. The summed E-state index contributed by atoms with van der Waals surface area (Å²) >= 11 is 0. The van der Waals surface area contributed by atoms with Crippen molar-refractivity contribution in [1.82, 2.24) is 14.5 Å². The third-order valence-corrected chi connectivity index (χ3v) is 3.24. The number of anilines is 1. The molecule has 0 saturated carbocycles. The molecular formula is C14H14N4O. The van der Waals surface area contributed by atoms with Crippen LogP contribution in [0.4, 0.5) is 10.6 Å². The zero-order valence-corrected chi connectivity index (χ0v) is 10.6. The highest BCUT2D eigenvalue weighted by Crippen LogP contribution is 2.29. The monoisotopic (exact) mass is 254 g/mol. The lowest BCUT2D eigenvalue weighted by Crippen LogP contribution is -2.35. The maximum atomic E-state index is 11.6. The largest absolute Gasteiger partial charge is 0.327 e. The minimum absolute atomic E-state index is 0.206. The highest BCUT2D eigenvalue weighted by atomic mass is 16.2. The predicted molar refractivity (Wildman–Crippen MR) is 73.6 cm³/mol. The van der Waals surface area contributed by atoms with Gasteiger partial charge in [-0.2, -0.15) is 0 Å². The fraction of sp³-hybridized carbons (Fsp3) is 0.143. The zero-order valence-electron chi connectivity index (χ0n) is 10.6. The molecule has 5 nitrogen and oxygen atoms in total. The molecule has 96 valence electrons. The van der Waals surface area contributed by atoms with Gasteiger partial charge in [0, 0.05) is 13.6 Å². The lowest BCUT2D eigenvalue weighted by molar-refractivity contribution is 0.236. The number of hydrogen-bond acceptors (Lipinski definition) is 2. The molecule has 1 N–H and O–H groups in total. The summed E-state index contributed by atoms with van der Waals surface area (Å²) < 4.78 is 1.99. The molecule has 3 rings (SSSR count). The van der Waals surface area contributed by atoms with Gasteiger partial charge in [-0.1, -0.05) is 36.9 Å². The molecule has 1 aromatic heterocycles. The van der Waals surface area contributed by atoms with Crippen molar-refractivity contribution < 1.29 is 4.79 Å². The highest BCUT2D eigenvalue weighted by molar-refractivity contribution is 6.00. The van der Waals surface area contributed by atoms with Gasteiger partial charge < -0.3 is 4.57 Å². The number of hydrogen-bond donors (Lipinski definition) is 1. The van der Waals surface area contributed by atoms with Crippen LogP contribution in [0.5, 0.6) is 0 Å². The molecule has 2 heterocycles. The molecule has 1 aromatic carbocycles. The van der Waals surface area contributed by atoms with Crippen molar-refractivity contribution >= 4 is 17.5 Å². The van der Waals surface area contributed by atoms with Crippen LogP contribution in [0.25, 0.3) is 5.70 Å². The van der Waals surface area contributed by atoms with Crippen LogP contribution in [0, 0.1) is 0 Å². The number of carbonyl (C=O) groups is 1. The summed E-state index contributed by atoms with van der Waals surface area (Å²) in [6, 6.07) is 9.89. The molecular weight excluding hydrogens is 240 g/mol. The average Bonchev–Trinajstić information content (AvgIpc) is 2.80. The lowest BCUT2D eigenvalue weighted by atomic mass is 10.2. The van der Waals surface area contributed by atoms with E-state index in [1.54, 1.807) is 13.4 Å². The van der Waals surface area contributed by atoms with Gasteiger partial charge in [0.05, 0.1) is 12.0 Å². The van der Waals surface area contributed by atoms with E-state index in [1.807, 2.05) is 22.8 Å². The Hall–Kier alpha value is -2.56. The third kappa shape index (κ3) is 1.89. The SMILES string of the molecule is C=C1c2c(ncn2Cc2ccccc2)NC(=O)N1C. The normalized spacial score (nSPS) is 14.3. The molecule has 2 aromatic rings. The van der Waals surface area contributed by atoms with E-state index in [0.717, 1.165) is 5.69 Å². The van der Waals surface area contributed by atoms with Gasteiger partial charge in [0.2, 0.25) is 0 Å². The number of rotatable bonds is 2. The first-order chi connectivity index (χ1) is 9.16. The van der Waals surface area contributed by atoms with Crippen LogP contribution < -0.4 is 5.32 Å². The maximum Gasteiger partial charge on any atom is 0.327 e. The number of amides is 2. The Kier molecular flexibility index (Phi) is 2.59. The second kappa shape index (κ2) is 4.28. The molecule has 0 bridgehead atoms. The van der Waals surface area contributed by atoms with Crippen LogP contribution in [0.3, 0.4) is 0 Å². The Morgan fingerprint density at radius 3 is 2.79 bits per heavy atom. The number of imidazole rings is 1. The van der Waals surface area contributed by atoms with Gasteiger partial charge in [-0.15, -0.1) is 0 Å². The number of benzene rings is 1. The van der Waals surface area contributed by atoms with Crippen molar-refractivity contribution in [3.8, 4) is 0 Å². The second-order valence-corrected chi connectivity index (χ2v) is 4.49. The summed E-state index contributed by atoms with van der Waals surface area (Å²) in [7, 11) is 1.69. The highest BCUT2D eigenvalue weighted by Gasteiger charge is 2.27. The molecule has 5 heteroatoms. The molecule has 0 atom stereocenters. The summed E-state index contributed by atoms with van der Waals surface area (Å²) in [5.41, 5.74) is 2.69. The van der Waals surface area contributed by atoms with E-state index in [-0.39, 0.29) is 6.03 Å². The Bertz CT molecular complexity index is 645. The van der Waals surface area contributed by atoms with E-state index >= 15 is 0 Å². The topological polar surface area (TPSA) is 50.2 Å². The minimum atomic E-state index is -0.206. The summed E-state index contributed by atoms with van der Waals surface area (Å²) in [6.07, 6.45) is 1.72.